The molecule has 1 aliphatic heterocycles. The number of aliphatic imine (C=N–C) groups is 1. The van der Waals surface area contributed by atoms with Crippen LogP contribution in [-0.2, 0) is 21.8 Å². The van der Waals surface area contributed by atoms with E-state index in [1.54, 1.807) is 59.5 Å². The molecule has 6 rings (SSSR count). The van der Waals surface area contributed by atoms with Crippen molar-refractivity contribution in [2.45, 2.75) is 97.8 Å². The number of ether oxygens (including phenoxy) is 1. The van der Waals surface area contributed by atoms with Crippen LogP contribution in [0.2, 0.25) is 0 Å². The maximum Gasteiger partial charge on any atom is 0.418 e. The second-order valence-electron chi connectivity index (χ2n) is 16.8. The van der Waals surface area contributed by atoms with Gasteiger partial charge in [-0.1, -0.05) is 121 Å². The van der Waals surface area contributed by atoms with E-state index < -0.39 is 29.3 Å². The summed E-state index contributed by atoms with van der Waals surface area (Å²) in [7, 11) is 0. The highest BCUT2D eigenvalue weighted by atomic mass is 19.4. The molecule has 2 heterocycles. The molecule has 0 radical (unpaired) electrons. The number of amides is 1. The quantitative estimate of drug-likeness (QED) is 0.0737. The van der Waals surface area contributed by atoms with Crippen LogP contribution in [-0.4, -0.2) is 57.9 Å². The van der Waals surface area contributed by atoms with Crippen molar-refractivity contribution in [3.05, 3.63) is 142 Å². The van der Waals surface area contributed by atoms with Crippen LogP contribution in [0.5, 0.6) is 5.75 Å². The molecule has 1 atom stereocenters. The molecule has 1 amide bonds. The number of nitrogens with zero attached hydrogens (tertiary/aromatic N) is 6. The minimum absolute atomic E-state index is 0.0284. The summed E-state index contributed by atoms with van der Waals surface area (Å²) < 4.78 is 52.5. The van der Waals surface area contributed by atoms with Gasteiger partial charge in [0, 0.05) is 42.0 Å². The predicted molar refractivity (Wildman–Crippen MR) is 242 cm³/mol. The molecule has 0 fully saturated rings. The first-order valence-electron chi connectivity index (χ1n) is 21.4. The van der Waals surface area contributed by atoms with Crippen molar-refractivity contribution in [2.75, 3.05) is 24.5 Å². The lowest BCUT2D eigenvalue weighted by Gasteiger charge is -2.31. The second-order valence-corrected chi connectivity index (χ2v) is 16.8. The Kier molecular flexibility index (Phi) is 13.7. The summed E-state index contributed by atoms with van der Waals surface area (Å²) in [6.45, 7) is 25.5. The van der Waals surface area contributed by atoms with E-state index in [0.29, 0.717) is 24.3 Å². The number of ketones is 1. The largest absolute Gasteiger partial charge is 0.480 e. The molecule has 5 aromatic rings. The van der Waals surface area contributed by atoms with Gasteiger partial charge in [-0.15, -0.1) is 5.10 Å². The van der Waals surface area contributed by atoms with Crippen molar-refractivity contribution in [3.63, 3.8) is 0 Å². The molecular formula is C50H54F3N7O3. The number of allylic oxidation sites excluding steroid dienone is 2. The number of halogens is 3. The Hall–Kier alpha value is -6.55. The summed E-state index contributed by atoms with van der Waals surface area (Å²) >= 11 is 0. The molecule has 328 valence electrons. The van der Waals surface area contributed by atoms with Gasteiger partial charge in [0.25, 0.3) is 5.91 Å². The van der Waals surface area contributed by atoms with Crippen molar-refractivity contribution in [1.82, 2.24) is 20.1 Å². The van der Waals surface area contributed by atoms with Crippen LogP contribution in [0, 0.1) is 6.57 Å². The van der Waals surface area contributed by atoms with Crippen LogP contribution in [0.25, 0.3) is 21.9 Å². The molecule has 1 aromatic heterocycles. The van der Waals surface area contributed by atoms with Crippen LogP contribution in [0.1, 0.15) is 108 Å². The van der Waals surface area contributed by atoms with Gasteiger partial charge in [-0.25, -0.2) is 14.5 Å². The fraction of sp³-hybridized carbons (Fsp3) is 0.360. The van der Waals surface area contributed by atoms with Crippen LogP contribution >= 0.6 is 0 Å². The number of hydrogen-bond acceptors (Lipinski definition) is 7. The van der Waals surface area contributed by atoms with E-state index in [-0.39, 0.29) is 69.8 Å². The van der Waals surface area contributed by atoms with Gasteiger partial charge in [-0.3, -0.25) is 14.6 Å². The van der Waals surface area contributed by atoms with Gasteiger partial charge < -0.3 is 15.0 Å². The summed E-state index contributed by atoms with van der Waals surface area (Å²) in [5.74, 6) is -0.0285. The Labute approximate surface area is 367 Å². The number of hydrogen-bond donors (Lipinski definition) is 1. The summed E-state index contributed by atoms with van der Waals surface area (Å²) in [4.78, 5) is 41.8. The number of Topliss-reactive ketones (excluding diaryl/α,β-unsaturated/α-hetero) is 1. The lowest BCUT2D eigenvalue weighted by Crippen LogP contribution is -2.42. The average Bonchev–Trinajstić information content (AvgIpc) is 3.84. The standard InChI is InChI=1S/C50H54F3N7O3/c1-10-39(63-40-27-24-34(48(5,6)11-2)30-37(40)49(7,8)12-3)47(62)55-28-29-59(13-4)35-25-26-38(36(31-35)50(51,52)53)56-42-41(54-9)43(44(61)32-20-16-14-17-21-32)60-46(42)57-45(58-60)33-22-18-15-19-23-33/h14-27,30-31,39H,10-13,28-29H2,1-8H3,(H,55,62). The third-order valence-corrected chi connectivity index (χ3v) is 12.0. The normalized spacial score (nSPS) is 14.0. The minimum Gasteiger partial charge on any atom is -0.480 e. The van der Waals surface area contributed by atoms with E-state index in [4.69, 9.17) is 11.3 Å². The number of aromatic nitrogens is 3. The number of likely N-dealkylation sites (N-methyl/N-ethyl adjacent to an activating group) is 1. The fourth-order valence-electron chi connectivity index (χ4n) is 7.30. The maximum absolute atomic E-state index is 15.0. The molecule has 4 aromatic carbocycles. The Morgan fingerprint density at radius 1 is 0.873 bits per heavy atom. The van der Waals surface area contributed by atoms with Crippen molar-refractivity contribution in [1.29, 1.82) is 0 Å². The summed E-state index contributed by atoms with van der Waals surface area (Å²) in [5, 5.41) is 7.49. The Balaban J connectivity index is 1.27. The van der Waals surface area contributed by atoms with Crippen LogP contribution in [0.15, 0.2) is 108 Å². The first kappa shape index (κ1) is 46.0. The molecule has 0 saturated heterocycles. The number of alkyl halides is 3. The lowest BCUT2D eigenvalue weighted by molar-refractivity contribution is -0.137. The molecule has 1 N–H and O–H groups in total. The minimum atomic E-state index is -4.85. The van der Waals surface area contributed by atoms with Crippen molar-refractivity contribution < 1.29 is 27.5 Å². The van der Waals surface area contributed by atoms with Crippen molar-refractivity contribution in [3.8, 4) is 17.1 Å². The van der Waals surface area contributed by atoms with Gasteiger partial charge in [-0.05, 0) is 66.8 Å². The number of carbonyl (C=O) groups excluding carboxylic acids is 2. The number of benzene rings is 4. The van der Waals surface area contributed by atoms with E-state index in [0.717, 1.165) is 24.5 Å². The number of anilines is 1. The monoisotopic (exact) mass is 857 g/mol. The van der Waals surface area contributed by atoms with Crippen molar-refractivity contribution >= 4 is 34.5 Å². The summed E-state index contributed by atoms with van der Waals surface area (Å²) in [6, 6.07) is 27.2. The maximum atomic E-state index is 15.0. The molecular weight excluding hydrogens is 804 g/mol. The molecule has 63 heavy (non-hydrogen) atoms. The van der Waals surface area contributed by atoms with Gasteiger partial charge in [0.15, 0.2) is 17.8 Å². The molecule has 10 nitrogen and oxygen atoms in total. The van der Waals surface area contributed by atoms with Gasteiger partial charge in [-0.2, -0.15) is 13.2 Å². The number of nitrogens with one attached hydrogen (secondary N) is 1. The summed E-state index contributed by atoms with van der Waals surface area (Å²) in [5.41, 5.74) is 1.01. The van der Waals surface area contributed by atoms with E-state index in [9.17, 15) is 22.8 Å². The molecule has 0 spiro atoms. The van der Waals surface area contributed by atoms with Crippen LogP contribution in [0.4, 0.5) is 24.5 Å². The van der Waals surface area contributed by atoms with Gasteiger partial charge in [0.2, 0.25) is 11.5 Å². The molecule has 1 unspecified atom stereocenters. The topological polar surface area (TPSA) is 106 Å². The zero-order chi connectivity index (χ0) is 45.7. The van der Waals surface area contributed by atoms with Crippen LogP contribution in [0.3, 0.4) is 0 Å². The van der Waals surface area contributed by atoms with Gasteiger partial charge >= 0.3 is 6.18 Å². The van der Waals surface area contributed by atoms with E-state index in [1.807, 2.05) is 26.0 Å². The number of fused-ring (bicyclic) bond motifs is 1. The zero-order valence-electron chi connectivity index (χ0n) is 37.1. The van der Waals surface area contributed by atoms with Gasteiger partial charge in [0.05, 0.1) is 17.8 Å². The highest BCUT2D eigenvalue weighted by Gasteiger charge is 2.39. The molecule has 1 aliphatic rings. The molecule has 0 aliphatic carbocycles. The van der Waals surface area contributed by atoms with Gasteiger partial charge in [0.1, 0.15) is 17.2 Å². The fourth-order valence-corrected chi connectivity index (χ4v) is 7.30. The Morgan fingerprint density at radius 2 is 1.54 bits per heavy atom. The highest BCUT2D eigenvalue weighted by Crippen LogP contribution is 2.42. The number of rotatable bonds is 17. The van der Waals surface area contributed by atoms with E-state index >= 15 is 0 Å². The molecule has 13 heteroatoms. The Bertz CT molecular complexity index is 2570. The first-order chi connectivity index (χ1) is 30.0. The smallest absolute Gasteiger partial charge is 0.418 e. The van der Waals surface area contributed by atoms with E-state index in [2.05, 4.69) is 78.9 Å². The van der Waals surface area contributed by atoms with Crippen LogP contribution < -0.4 is 15.0 Å². The average molecular weight is 858 g/mol. The first-order valence-corrected chi connectivity index (χ1v) is 21.4. The van der Waals surface area contributed by atoms with E-state index in [1.165, 1.54) is 22.4 Å². The molecule has 0 bridgehead atoms. The zero-order valence-corrected chi connectivity index (χ0v) is 37.1. The lowest BCUT2D eigenvalue weighted by atomic mass is 9.76. The summed E-state index contributed by atoms with van der Waals surface area (Å²) in [6.07, 6.45) is -3.39. The highest BCUT2D eigenvalue weighted by molar-refractivity contribution is 6.35. The Morgan fingerprint density at radius 3 is 2.14 bits per heavy atom. The third kappa shape index (κ3) is 9.75. The molecule has 0 saturated carbocycles. The third-order valence-electron chi connectivity index (χ3n) is 12.0. The SMILES string of the molecule is [C-]#[N+]C1=C(C(=O)c2ccccc2)n2nc(-c3ccccc3)nc2C1=Nc1ccc(N(CC)CCNC(=O)C(CC)Oc2ccc(C(C)(C)CC)cc2C(C)(C)CC)cc1C(F)(F)F. The predicted octanol–water partition coefficient (Wildman–Crippen LogP) is 11.2. The number of carbonyl (C=O) groups is 2. The second kappa shape index (κ2) is 18.8. The van der Waals surface area contributed by atoms with Crippen molar-refractivity contribution in [2.24, 2.45) is 4.99 Å².